The molecule has 0 saturated carbocycles. The molecule has 1 N–H and O–H groups in total. The summed E-state index contributed by atoms with van der Waals surface area (Å²) in [5.41, 5.74) is -1.46. The summed E-state index contributed by atoms with van der Waals surface area (Å²) in [5, 5.41) is 8.87. The maximum Gasteiger partial charge on any atom is 0.417 e. The summed E-state index contributed by atoms with van der Waals surface area (Å²) in [6.45, 7) is 3.11. The first-order valence-corrected chi connectivity index (χ1v) is 6.48. The molecule has 0 fully saturated rings. The van der Waals surface area contributed by atoms with Crippen LogP contribution in [0.4, 0.5) is 13.2 Å². The molecule has 0 unspecified atom stereocenters. The Morgan fingerprint density at radius 3 is 2.60 bits per heavy atom. The highest BCUT2D eigenvalue weighted by molar-refractivity contribution is 9.10. The first-order valence-electron chi connectivity index (χ1n) is 5.69. The summed E-state index contributed by atoms with van der Waals surface area (Å²) in [6, 6.07) is 3.34. The first-order chi connectivity index (χ1) is 9.31. The molecule has 0 heterocycles. The monoisotopic (exact) mass is 351 g/mol. The van der Waals surface area contributed by atoms with Crippen LogP contribution in [0.5, 0.6) is 0 Å². The second kappa shape index (κ2) is 6.90. The van der Waals surface area contributed by atoms with E-state index in [4.69, 9.17) is 5.11 Å². The summed E-state index contributed by atoms with van der Waals surface area (Å²) >= 11 is 2.96. The Morgan fingerprint density at radius 1 is 1.45 bits per heavy atom. The fourth-order valence-corrected chi connectivity index (χ4v) is 2.02. The third-order valence-corrected chi connectivity index (χ3v) is 3.02. The SMILES string of the molecule is C=CCN(CCO)C(=O)c1ccc(Br)cc1C(F)(F)F. The molecule has 0 bridgehead atoms. The maximum absolute atomic E-state index is 13.0. The van der Waals surface area contributed by atoms with Crippen LogP contribution >= 0.6 is 15.9 Å². The van der Waals surface area contributed by atoms with Crippen molar-refractivity contribution in [1.29, 1.82) is 0 Å². The quantitative estimate of drug-likeness (QED) is 0.828. The van der Waals surface area contributed by atoms with Crippen molar-refractivity contribution in [3.05, 3.63) is 46.5 Å². The number of rotatable bonds is 5. The third-order valence-electron chi connectivity index (χ3n) is 2.52. The molecule has 0 spiro atoms. The van der Waals surface area contributed by atoms with E-state index in [-0.39, 0.29) is 24.2 Å². The zero-order valence-corrected chi connectivity index (χ0v) is 12.0. The summed E-state index contributed by atoms with van der Waals surface area (Å²) in [7, 11) is 0. The largest absolute Gasteiger partial charge is 0.417 e. The van der Waals surface area contributed by atoms with Crippen LogP contribution < -0.4 is 0 Å². The van der Waals surface area contributed by atoms with Crippen LogP contribution in [0.2, 0.25) is 0 Å². The fourth-order valence-electron chi connectivity index (χ4n) is 1.66. The van der Waals surface area contributed by atoms with E-state index in [1.165, 1.54) is 12.1 Å². The highest BCUT2D eigenvalue weighted by atomic mass is 79.9. The van der Waals surface area contributed by atoms with Crippen molar-refractivity contribution in [2.24, 2.45) is 0 Å². The molecule has 0 saturated heterocycles. The van der Waals surface area contributed by atoms with Gasteiger partial charge in [0.25, 0.3) is 5.91 Å². The van der Waals surface area contributed by atoms with Gasteiger partial charge in [-0.05, 0) is 18.2 Å². The Bertz CT molecular complexity index is 503. The first kappa shape index (κ1) is 16.7. The lowest BCUT2D eigenvalue weighted by Gasteiger charge is -2.22. The number of hydrogen-bond donors (Lipinski definition) is 1. The Hall–Kier alpha value is -1.34. The van der Waals surface area contributed by atoms with Gasteiger partial charge in [0, 0.05) is 17.6 Å². The summed E-state index contributed by atoms with van der Waals surface area (Å²) in [5.74, 6) is -0.793. The molecule has 110 valence electrons. The normalized spacial score (nSPS) is 11.2. The lowest BCUT2D eigenvalue weighted by atomic mass is 10.1. The molecule has 3 nitrogen and oxygen atoms in total. The van der Waals surface area contributed by atoms with Crippen molar-refractivity contribution in [1.82, 2.24) is 4.90 Å². The number of alkyl halides is 3. The molecule has 7 heteroatoms. The minimum absolute atomic E-state index is 0.0573. The van der Waals surface area contributed by atoms with E-state index in [2.05, 4.69) is 22.5 Å². The number of amides is 1. The number of carbonyl (C=O) groups is 1. The van der Waals surface area contributed by atoms with E-state index in [0.29, 0.717) is 0 Å². The molecule has 1 aromatic carbocycles. The molecule has 0 aliphatic rings. The summed E-state index contributed by atoms with van der Waals surface area (Å²) < 4.78 is 39.1. The molecule has 0 radical (unpaired) electrons. The molecule has 1 aromatic rings. The number of aliphatic hydroxyl groups is 1. The van der Waals surface area contributed by atoms with Crippen molar-refractivity contribution in [2.45, 2.75) is 6.18 Å². The van der Waals surface area contributed by atoms with Crippen molar-refractivity contribution in [3.8, 4) is 0 Å². The Kier molecular flexibility index (Phi) is 5.76. The lowest BCUT2D eigenvalue weighted by Crippen LogP contribution is -2.35. The maximum atomic E-state index is 13.0. The van der Waals surface area contributed by atoms with Gasteiger partial charge in [-0.1, -0.05) is 22.0 Å². The van der Waals surface area contributed by atoms with Gasteiger partial charge in [0.15, 0.2) is 0 Å². The van der Waals surface area contributed by atoms with Crippen LogP contribution in [-0.4, -0.2) is 35.6 Å². The Balaban J connectivity index is 3.23. The zero-order valence-electron chi connectivity index (χ0n) is 10.5. The summed E-state index contributed by atoms with van der Waals surface area (Å²) in [4.78, 5) is 13.3. The van der Waals surface area contributed by atoms with Gasteiger partial charge in [-0.15, -0.1) is 6.58 Å². The van der Waals surface area contributed by atoms with Gasteiger partial charge in [0.1, 0.15) is 0 Å². The second-order valence-electron chi connectivity index (χ2n) is 3.95. The van der Waals surface area contributed by atoms with E-state index < -0.39 is 23.2 Å². The Labute approximate surface area is 122 Å². The minimum Gasteiger partial charge on any atom is -0.395 e. The van der Waals surface area contributed by atoms with Crippen molar-refractivity contribution < 1.29 is 23.1 Å². The van der Waals surface area contributed by atoms with E-state index in [9.17, 15) is 18.0 Å². The number of nitrogens with zero attached hydrogens (tertiary/aromatic N) is 1. The molecule has 0 aromatic heterocycles. The van der Waals surface area contributed by atoms with Gasteiger partial charge in [-0.25, -0.2) is 0 Å². The predicted molar refractivity (Wildman–Crippen MR) is 72.3 cm³/mol. The highest BCUT2D eigenvalue weighted by Gasteiger charge is 2.36. The molecule has 0 aliphatic heterocycles. The standard InChI is InChI=1S/C13H13BrF3NO2/c1-2-5-18(6-7-19)12(20)10-4-3-9(14)8-11(10)13(15,16)17/h2-4,8,19H,1,5-7H2. The van der Waals surface area contributed by atoms with Gasteiger partial charge in [0.2, 0.25) is 0 Å². The average molecular weight is 352 g/mol. The van der Waals surface area contributed by atoms with Crippen molar-refractivity contribution >= 4 is 21.8 Å². The number of halogens is 4. The van der Waals surface area contributed by atoms with Gasteiger partial charge >= 0.3 is 6.18 Å². The van der Waals surface area contributed by atoms with Crippen LogP contribution in [0.1, 0.15) is 15.9 Å². The van der Waals surface area contributed by atoms with Crippen molar-refractivity contribution in [2.75, 3.05) is 19.7 Å². The molecule has 1 amide bonds. The van der Waals surface area contributed by atoms with E-state index >= 15 is 0 Å². The average Bonchev–Trinajstić information content (AvgIpc) is 2.36. The minimum atomic E-state index is -4.63. The van der Waals surface area contributed by atoms with Crippen LogP contribution in [0.15, 0.2) is 35.3 Å². The van der Waals surface area contributed by atoms with Crippen LogP contribution in [0.25, 0.3) is 0 Å². The molecule has 20 heavy (non-hydrogen) atoms. The fraction of sp³-hybridized carbons (Fsp3) is 0.308. The van der Waals surface area contributed by atoms with Gasteiger partial charge in [-0.2, -0.15) is 13.2 Å². The predicted octanol–water partition coefficient (Wildman–Crippen LogP) is 3.09. The molecular formula is C13H13BrF3NO2. The second-order valence-corrected chi connectivity index (χ2v) is 4.87. The Morgan fingerprint density at radius 2 is 2.10 bits per heavy atom. The highest BCUT2D eigenvalue weighted by Crippen LogP contribution is 2.34. The van der Waals surface area contributed by atoms with Crippen molar-refractivity contribution in [3.63, 3.8) is 0 Å². The summed E-state index contributed by atoms with van der Waals surface area (Å²) in [6.07, 6.45) is -3.24. The van der Waals surface area contributed by atoms with Crippen LogP contribution in [0.3, 0.4) is 0 Å². The molecular weight excluding hydrogens is 339 g/mol. The molecule has 0 atom stereocenters. The van der Waals surface area contributed by atoms with Gasteiger partial charge < -0.3 is 10.0 Å². The van der Waals surface area contributed by atoms with Gasteiger partial charge in [0.05, 0.1) is 17.7 Å². The topological polar surface area (TPSA) is 40.5 Å². The molecule has 0 aliphatic carbocycles. The van der Waals surface area contributed by atoms with E-state index in [1.807, 2.05) is 0 Å². The number of carbonyl (C=O) groups excluding carboxylic acids is 1. The van der Waals surface area contributed by atoms with Crippen LogP contribution in [0, 0.1) is 0 Å². The third kappa shape index (κ3) is 4.08. The molecule has 1 rings (SSSR count). The van der Waals surface area contributed by atoms with Gasteiger partial charge in [-0.3, -0.25) is 4.79 Å². The zero-order chi connectivity index (χ0) is 15.3. The van der Waals surface area contributed by atoms with E-state index in [0.717, 1.165) is 17.0 Å². The number of benzene rings is 1. The smallest absolute Gasteiger partial charge is 0.395 e. The van der Waals surface area contributed by atoms with E-state index in [1.54, 1.807) is 0 Å². The lowest BCUT2D eigenvalue weighted by molar-refractivity contribution is -0.138. The van der Waals surface area contributed by atoms with Crippen LogP contribution in [-0.2, 0) is 6.18 Å². The number of aliphatic hydroxyl groups excluding tert-OH is 1. The number of hydrogen-bond acceptors (Lipinski definition) is 2.